The molecule has 0 aromatic heterocycles. The Hall–Kier alpha value is -4.00. The van der Waals surface area contributed by atoms with Crippen LogP contribution in [0.5, 0.6) is 17.2 Å². The molecule has 0 atom stereocenters. The van der Waals surface area contributed by atoms with Crippen molar-refractivity contribution in [2.45, 2.75) is 0 Å². The normalized spacial score (nSPS) is 10.1. The minimum atomic E-state index is -0.509. The maximum atomic E-state index is 12.3. The molecule has 7 heteroatoms. The Bertz CT molecular complexity index is 999. The van der Waals surface area contributed by atoms with Crippen molar-refractivity contribution in [3.63, 3.8) is 0 Å². The van der Waals surface area contributed by atoms with Crippen molar-refractivity contribution in [1.82, 2.24) is 10.9 Å². The van der Waals surface area contributed by atoms with Gasteiger partial charge in [-0.1, -0.05) is 48.5 Å². The third-order valence-corrected chi connectivity index (χ3v) is 4.26. The van der Waals surface area contributed by atoms with Gasteiger partial charge in [-0.2, -0.15) is 0 Å². The van der Waals surface area contributed by atoms with E-state index in [2.05, 4.69) is 10.9 Å². The maximum Gasteiger partial charge on any atom is 0.276 e. The smallest absolute Gasteiger partial charge is 0.276 e. The van der Waals surface area contributed by atoms with E-state index in [4.69, 9.17) is 14.2 Å². The van der Waals surface area contributed by atoms with Crippen LogP contribution in [0.25, 0.3) is 11.1 Å². The highest BCUT2D eigenvalue weighted by atomic mass is 16.5. The number of carbonyl (C=O) groups is 2. The molecule has 3 aromatic rings. The molecule has 2 N–H and O–H groups in total. The second-order valence-electron chi connectivity index (χ2n) is 6.25. The monoisotopic (exact) mass is 406 g/mol. The van der Waals surface area contributed by atoms with Gasteiger partial charge in [-0.3, -0.25) is 20.4 Å². The van der Waals surface area contributed by atoms with Crippen LogP contribution in [-0.2, 0) is 4.79 Å². The van der Waals surface area contributed by atoms with Crippen LogP contribution in [-0.4, -0.2) is 32.6 Å². The molecule has 0 aliphatic rings. The fourth-order valence-electron chi connectivity index (χ4n) is 2.77. The molecule has 0 bridgehead atoms. The zero-order chi connectivity index (χ0) is 21.3. The van der Waals surface area contributed by atoms with Gasteiger partial charge in [0.05, 0.1) is 14.2 Å². The van der Waals surface area contributed by atoms with Crippen LogP contribution in [0.4, 0.5) is 0 Å². The predicted octanol–water partition coefficient (Wildman–Crippen LogP) is 3.21. The highest BCUT2D eigenvalue weighted by Gasteiger charge is 2.12. The number of hydrazine groups is 1. The summed E-state index contributed by atoms with van der Waals surface area (Å²) in [5, 5.41) is 0. The zero-order valence-electron chi connectivity index (χ0n) is 16.7. The number of hydrogen-bond donors (Lipinski definition) is 2. The van der Waals surface area contributed by atoms with Crippen LogP contribution in [0, 0.1) is 0 Å². The van der Waals surface area contributed by atoms with Gasteiger partial charge in [-0.15, -0.1) is 0 Å². The molecule has 2 amide bonds. The Morgan fingerprint density at radius 3 is 2.10 bits per heavy atom. The standard InChI is InChI=1S/C23H22N2O5/c1-28-18-12-17(13-19(14-18)29-2)23(27)25-24-22(26)15-30-21-11-7-6-10-20(21)16-8-4-3-5-9-16/h3-14H,15H2,1-2H3,(H,24,26)(H,25,27). The van der Waals surface area contributed by atoms with Gasteiger partial charge in [0.15, 0.2) is 6.61 Å². The maximum absolute atomic E-state index is 12.3. The lowest BCUT2D eigenvalue weighted by molar-refractivity contribution is -0.123. The summed E-state index contributed by atoms with van der Waals surface area (Å²) in [5.41, 5.74) is 6.83. The molecule has 3 aromatic carbocycles. The first kappa shape index (κ1) is 20.7. The van der Waals surface area contributed by atoms with E-state index in [1.807, 2.05) is 48.5 Å². The molecule has 30 heavy (non-hydrogen) atoms. The van der Waals surface area contributed by atoms with E-state index < -0.39 is 11.8 Å². The number of carbonyl (C=O) groups excluding carboxylic acids is 2. The molecule has 0 saturated carbocycles. The molecule has 0 fully saturated rings. The number of ether oxygens (including phenoxy) is 3. The first-order valence-electron chi connectivity index (χ1n) is 9.20. The second kappa shape index (κ2) is 9.97. The van der Waals surface area contributed by atoms with Gasteiger partial charge < -0.3 is 14.2 Å². The largest absolute Gasteiger partial charge is 0.497 e. The van der Waals surface area contributed by atoms with Gasteiger partial charge in [0, 0.05) is 17.2 Å². The lowest BCUT2D eigenvalue weighted by Gasteiger charge is -2.13. The summed E-state index contributed by atoms with van der Waals surface area (Å²) in [6, 6.07) is 21.9. The fourth-order valence-corrected chi connectivity index (χ4v) is 2.77. The summed E-state index contributed by atoms with van der Waals surface area (Å²) >= 11 is 0. The molecule has 0 saturated heterocycles. The van der Waals surface area contributed by atoms with E-state index in [0.717, 1.165) is 11.1 Å². The molecule has 3 rings (SSSR count). The van der Waals surface area contributed by atoms with Gasteiger partial charge in [0.25, 0.3) is 11.8 Å². The number of amides is 2. The van der Waals surface area contributed by atoms with E-state index in [0.29, 0.717) is 17.2 Å². The quantitative estimate of drug-likeness (QED) is 0.589. The average molecular weight is 406 g/mol. The van der Waals surface area contributed by atoms with Gasteiger partial charge in [-0.25, -0.2) is 0 Å². The summed E-state index contributed by atoms with van der Waals surface area (Å²) in [4.78, 5) is 24.5. The number of methoxy groups -OCH3 is 2. The van der Waals surface area contributed by atoms with Crippen LogP contribution in [0.2, 0.25) is 0 Å². The molecule has 7 nitrogen and oxygen atoms in total. The lowest BCUT2D eigenvalue weighted by Crippen LogP contribution is -2.43. The Kier molecular flexibility index (Phi) is 6.89. The van der Waals surface area contributed by atoms with Crippen molar-refractivity contribution in [2.75, 3.05) is 20.8 Å². The lowest BCUT2D eigenvalue weighted by atomic mass is 10.1. The Morgan fingerprint density at radius 1 is 0.800 bits per heavy atom. The van der Waals surface area contributed by atoms with Crippen LogP contribution in [0.15, 0.2) is 72.8 Å². The van der Waals surface area contributed by atoms with Crippen molar-refractivity contribution >= 4 is 11.8 Å². The van der Waals surface area contributed by atoms with Gasteiger partial charge in [0.2, 0.25) is 0 Å². The Labute approximate surface area is 174 Å². The summed E-state index contributed by atoms with van der Waals surface area (Å²) in [7, 11) is 2.98. The summed E-state index contributed by atoms with van der Waals surface area (Å²) in [5.74, 6) is 0.493. The van der Waals surface area contributed by atoms with E-state index >= 15 is 0 Å². The average Bonchev–Trinajstić information content (AvgIpc) is 2.81. The molecule has 0 heterocycles. The van der Waals surface area contributed by atoms with Gasteiger partial charge in [0.1, 0.15) is 17.2 Å². The number of para-hydroxylation sites is 1. The Balaban J connectivity index is 1.58. The third-order valence-electron chi connectivity index (χ3n) is 4.26. The molecular weight excluding hydrogens is 384 g/mol. The summed E-state index contributed by atoms with van der Waals surface area (Å²) < 4.78 is 15.9. The third kappa shape index (κ3) is 5.29. The van der Waals surface area contributed by atoms with Crippen molar-refractivity contribution in [2.24, 2.45) is 0 Å². The summed E-state index contributed by atoms with van der Waals surface area (Å²) in [6.45, 7) is -0.258. The van der Waals surface area contributed by atoms with Crippen LogP contribution >= 0.6 is 0 Å². The highest BCUT2D eigenvalue weighted by Crippen LogP contribution is 2.29. The highest BCUT2D eigenvalue weighted by molar-refractivity contribution is 5.96. The molecule has 154 valence electrons. The minimum absolute atomic E-state index is 0.258. The van der Waals surface area contributed by atoms with Crippen LogP contribution < -0.4 is 25.1 Å². The molecule has 0 aliphatic heterocycles. The van der Waals surface area contributed by atoms with Crippen molar-refractivity contribution in [3.05, 3.63) is 78.4 Å². The SMILES string of the molecule is COc1cc(OC)cc(C(=O)NNC(=O)COc2ccccc2-c2ccccc2)c1. The van der Waals surface area contributed by atoms with E-state index in [1.54, 1.807) is 12.1 Å². The molecule has 0 aliphatic carbocycles. The molecule has 0 radical (unpaired) electrons. The number of nitrogens with one attached hydrogen (secondary N) is 2. The number of hydrogen-bond acceptors (Lipinski definition) is 5. The summed E-state index contributed by atoms with van der Waals surface area (Å²) in [6.07, 6.45) is 0. The number of rotatable bonds is 7. The van der Waals surface area contributed by atoms with Crippen LogP contribution in [0.1, 0.15) is 10.4 Å². The second-order valence-corrected chi connectivity index (χ2v) is 6.25. The minimum Gasteiger partial charge on any atom is -0.497 e. The fraction of sp³-hybridized carbons (Fsp3) is 0.130. The predicted molar refractivity (Wildman–Crippen MR) is 113 cm³/mol. The Morgan fingerprint density at radius 2 is 1.43 bits per heavy atom. The van der Waals surface area contributed by atoms with Crippen molar-refractivity contribution < 1.29 is 23.8 Å². The van der Waals surface area contributed by atoms with E-state index in [1.165, 1.54) is 26.4 Å². The number of benzene rings is 3. The zero-order valence-corrected chi connectivity index (χ0v) is 16.7. The topological polar surface area (TPSA) is 85.9 Å². The van der Waals surface area contributed by atoms with Gasteiger partial charge in [-0.05, 0) is 23.8 Å². The molecule has 0 unspecified atom stereocenters. The first-order valence-corrected chi connectivity index (χ1v) is 9.20. The van der Waals surface area contributed by atoms with E-state index in [-0.39, 0.29) is 12.2 Å². The van der Waals surface area contributed by atoms with Crippen LogP contribution in [0.3, 0.4) is 0 Å². The molecular formula is C23H22N2O5. The van der Waals surface area contributed by atoms with E-state index in [9.17, 15) is 9.59 Å². The molecule has 0 spiro atoms. The van der Waals surface area contributed by atoms with Gasteiger partial charge >= 0.3 is 0 Å². The van der Waals surface area contributed by atoms with Crippen molar-refractivity contribution in [1.29, 1.82) is 0 Å². The first-order chi connectivity index (χ1) is 14.6. The van der Waals surface area contributed by atoms with Crippen molar-refractivity contribution in [3.8, 4) is 28.4 Å².